The Balaban J connectivity index is 2.08. The lowest BCUT2D eigenvalue weighted by Gasteiger charge is -2.40. The van der Waals surface area contributed by atoms with Gasteiger partial charge in [0.25, 0.3) is 0 Å². The summed E-state index contributed by atoms with van der Waals surface area (Å²) >= 11 is 0. The molecule has 0 amide bonds. The Morgan fingerprint density at radius 3 is 2.65 bits per heavy atom. The fourth-order valence-electron chi connectivity index (χ4n) is 2.06. The van der Waals surface area contributed by atoms with Crippen LogP contribution in [-0.4, -0.2) is 24.2 Å². The van der Waals surface area contributed by atoms with Gasteiger partial charge in [-0.25, -0.2) is 8.78 Å². The van der Waals surface area contributed by atoms with Crippen LogP contribution in [0.2, 0.25) is 0 Å². The molecule has 1 N–H and O–H groups in total. The van der Waals surface area contributed by atoms with Crippen molar-refractivity contribution in [1.82, 2.24) is 0 Å². The summed E-state index contributed by atoms with van der Waals surface area (Å²) in [6.45, 7) is 0. The third kappa shape index (κ3) is 2.23. The Morgan fingerprint density at radius 2 is 2.06 bits per heavy atom. The van der Waals surface area contributed by atoms with Gasteiger partial charge in [0.15, 0.2) is 0 Å². The molecule has 0 bridgehead atoms. The van der Waals surface area contributed by atoms with Crippen molar-refractivity contribution >= 4 is 11.7 Å². The molecule has 1 aromatic rings. The number of aliphatic carboxylic acids is 1. The summed E-state index contributed by atoms with van der Waals surface area (Å²) in [5.41, 5.74) is 0.179. The molecule has 0 radical (unpaired) electrons. The van der Waals surface area contributed by atoms with Gasteiger partial charge in [0, 0.05) is 19.2 Å². The van der Waals surface area contributed by atoms with Crippen molar-refractivity contribution in [3.8, 4) is 0 Å². The molecule has 0 heterocycles. The van der Waals surface area contributed by atoms with Crippen molar-refractivity contribution in [1.29, 1.82) is 0 Å². The van der Waals surface area contributed by atoms with E-state index in [4.69, 9.17) is 5.11 Å². The molecular weight excluding hydrogens is 228 g/mol. The van der Waals surface area contributed by atoms with Crippen molar-refractivity contribution < 1.29 is 18.7 Å². The van der Waals surface area contributed by atoms with Crippen LogP contribution in [0.1, 0.15) is 12.8 Å². The largest absolute Gasteiger partial charge is 0.481 e. The summed E-state index contributed by atoms with van der Waals surface area (Å²) in [5, 5.41) is 8.75. The summed E-state index contributed by atoms with van der Waals surface area (Å²) < 4.78 is 26.5. The van der Waals surface area contributed by atoms with E-state index in [2.05, 4.69) is 0 Å². The van der Waals surface area contributed by atoms with Gasteiger partial charge in [-0.3, -0.25) is 4.79 Å². The van der Waals surface area contributed by atoms with Gasteiger partial charge >= 0.3 is 5.97 Å². The molecule has 0 aliphatic heterocycles. The fraction of sp³-hybridized carbons (Fsp3) is 0.417. The zero-order chi connectivity index (χ0) is 12.6. The molecule has 1 aliphatic rings. The Morgan fingerprint density at radius 1 is 1.41 bits per heavy atom. The molecule has 2 rings (SSSR count). The molecule has 0 saturated heterocycles. The van der Waals surface area contributed by atoms with Gasteiger partial charge < -0.3 is 10.0 Å². The molecule has 0 atom stereocenters. The first kappa shape index (κ1) is 11.8. The average molecular weight is 241 g/mol. The monoisotopic (exact) mass is 241 g/mol. The molecule has 0 spiro atoms. The minimum Gasteiger partial charge on any atom is -0.481 e. The van der Waals surface area contributed by atoms with Crippen LogP contribution < -0.4 is 4.90 Å². The summed E-state index contributed by atoms with van der Waals surface area (Å²) in [6.07, 6.45) is 0.948. The SMILES string of the molecule is CN(c1cc(F)ccc1F)C1CC(C(=O)O)C1. The van der Waals surface area contributed by atoms with Gasteiger partial charge in [0.1, 0.15) is 11.6 Å². The number of carbonyl (C=O) groups is 1. The number of hydrogen-bond donors (Lipinski definition) is 1. The van der Waals surface area contributed by atoms with Gasteiger partial charge in [0.2, 0.25) is 0 Å². The van der Waals surface area contributed by atoms with Gasteiger partial charge in [-0.1, -0.05) is 0 Å². The van der Waals surface area contributed by atoms with Gasteiger partial charge in [0.05, 0.1) is 11.6 Å². The molecule has 0 aromatic heterocycles. The van der Waals surface area contributed by atoms with Crippen LogP contribution in [0.25, 0.3) is 0 Å². The molecule has 17 heavy (non-hydrogen) atoms. The van der Waals surface area contributed by atoms with E-state index in [1.807, 2.05) is 0 Å². The van der Waals surface area contributed by atoms with Crippen LogP contribution in [0.4, 0.5) is 14.5 Å². The highest BCUT2D eigenvalue weighted by Gasteiger charge is 2.37. The van der Waals surface area contributed by atoms with E-state index in [9.17, 15) is 13.6 Å². The smallest absolute Gasteiger partial charge is 0.306 e. The van der Waals surface area contributed by atoms with Gasteiger partial charge in [-0.2, -0.15) is 0 Å². The lowest BCUT2D eigenvalue weighted by Crippen LogP contribution is -2.45. The lowest BCUT2D eigenvalue weighted by molar-refractivity contribution is -0.145. The molecule has 1 aliphatic carbocycles. The van der Waals surface area contributed by atoms with Crippen molar-refractivity contribution in [2.75, 3.05) is 11.9 Å². The van der Waals surface area contributed by atoms with E-state index in [0.29, 0.717) is 12.8 Å². The number of carboxylic acids is 1. The number of rotatable bonds is 3. The molecule has 1 aromatic carbocycles. The molecule has 5 heteroatoms. The van der Waals surface area contributed by atoms with Crippen molar-refractivity contribution in [2.45, 2.75) is 18.9 Å². The van der Waals surface area contributed by atoms with Gasteiger partial charge in [-0.15, -0.1) is 0 Å². The van der Waals surface area contributed by atoms with E-state index < -0.39 is 17.6 Å². The standard InChI is InChI=1S/C12H13F2NO2/c1-15(9-4-7(5-9)12(16)17)11-6-8(13)2-3-10(11)14/h2-3,6-7,9H,4-5H2,1H3,(H,16,17). The zero-order valence-electron chi connectivity index (χ0n) is 9.36. The number of carboxylic acid groups (broad SMARTS) is 1. The number of benzene rings is 1. The first-order valence-corrected chi connectivity index (χ1v) is 5.39. The quantitative estimate of drug-likeness (QED) is 0.882. The van der Waals surface area contributed by atoms with E-state index in [1.54, 1.807) is 11.9 Å². The number of anilines is 1. The average Bonchev–Trinajstić information content (AvgIpc) is 2.18. The van der Waals surface area contributed by atoms with Gasteiger partial charge in [-0.05, 0) is 25.0 Å². The van der Waals surface area contributed by atoms with Crippen molar-refractivity contribution in [3.63, 3.8) is 0 Å². The zero-order valence-corrected chi connectivity index (χ0v) is 9.36. The lowest BCUT2D eigenvalue weighted by atomic mass is 9.79. The predicted molar refractivity (Wildman–Crippen MR) is 58.9 cm³/mol. The van der Waals surface area contributed by atoms with E-state index >= 15 is 0 Å². The van der Waals surface area contributed by atoms with Crippen LogP contribution in [0, 0.1) is 17.6 Å². The van der Waals surface area contributed by atoms with E-state index in [0.717, 1.165) is 18.2 Å². The second-order valence-electron chi connectivity index (χ2n) is 4.37. The summed E-state index contributed by atoms with van der Waals surface area (Å²) in [4.78, 5) is 12.3. The molecule has 0 unspecified atom stereocenters. The summed E-state index contributed by atoms with van der Waals surface area (Å²) in [7, 11) is 1.65. The summed E-state index contributed by atoms with van der Waals surface area (Å²) in [6, 6.07) is 3.23. The maximum atomic E-state index is 13.5. The maximum Gasteiger partial charge on any atom is 0.306 e. The minimum absolute atomic E-state index is 0.0348. The van der Waals surface area contributed by atoms with Crippen molar-refractivity contribution in [2.24, 2.45) is 5.92 Å². The molecule has 3 nitrogen and oxygen atoms in total. The predicted octanol–water partition coefficient (Wildman–Crippen LogP) is 2.26. The number of halogens is 2. The first-order chi connectivity index (χ1) is 7.99. The fourth-order valence-corrected chi connectivity index (χ4v) is 2.06. The summed E-state index contributed by atoms with van der Waals surface area (Å²) in [5.74, 6) is -2.18. The second kappa shape index (κ2) is 4.31. The molecule has 92 valence electrons. The first-order valence-electron chi connectivity index (χ1n) is 5.39. The number of nitrogens with zero attached hydrogens (tertiary/aromatic N) is 1. The normalized spacial score (nSPS) is 23.0. The molecule has 1 saturated carbocycles. The van der Waals surface area contributed by atoms with E-state index in [-0.39, 0.29) is 17.6 Å². The molecule has 1 fully saturated rings. The van der Waals surface area contributed by atoms with E-state index in [1.165, 1.54) is 0 Å². The van der Waals surface area contributed by atoms with Crippen LogP contribution in [0.5, 0.6) is 0 Å². The highest BCUT2D eigenvalue weighted by molar-refractivity contribution is 5.71. The third-order valence-electron chi connectivity index (χ3n) is 3.30. The third-order valence-corrected chi connectivity index (χ3v) is 3.30. The Labute approximate surface area is 97.7 Å². The highest BCUT2D eigenvalue weighted by atomic mass is 19.1. The van der Waals surface area contributed by atoms with Crippen LogP contribution in [0.15, 0.2) is 18.2 Å². The Hall–Kier alpha value is -1.65. The Bertz CT molecular complexity index is 444. The highest BCUT2D eigenvalue weighted by Crippen LogP contribution is 2.34. The van der Waals surface area contributed by atoms with Crippen LogP contribution >= 0.6 is 0 Å². The minimum atomic E-state index is -0.825. The molecular formula is C12H13F2NO2. The van der Waals surface area contributed by atoms with Crippen LogP contribution in [0.3, 0.4) is 0 Å². The Kier molecular flexibility index (Phi) is 3.00. The maximum absolute atomic E-state index is 13.5. The second-order valence-corrected chi connectivity index (χ2v) is 4.37. The van der Waals surface area contributed by atoms with Crippen molar-refractivity contribution in [3.05, 3.63) is 29.8 Å². The van der Waals surface area contributed by atoms with Crippen LogP contribution in [-0.2, 0) is 4.79 Å². The topological polar surface area (TPSA) is 40.5 Å². The number of hydrogen-bond acceptors (Lipinski definition) is 2.